The molecule has 0 amide bonds. The van der Waals surface area contributed by atoms with Crippen molar-refractivity contribution in [1.82, 2.24) is 0 Å². The highest BCUT2D eigenvalue weighted by Crippen LogP contribution is 2.36. The van der Waals surface area contributed by atoms with E-state index in [2.05, 4.69) is 0 Å². The second-order valence-electron chi connectivity index (χ2n) is 4.23. The van der Waals surface area contributed by atoms with Gasteiger partial charge in [0, 0.05) is 12.1 Å². The summed E-state index contributed by atoms with van der Waals surface area (Å²) in [5, 5.41) is 10.8. The molecule has 0 aromatic heterocycles. The molecule has 2 rings (SSSR count). The Labute approximate surface area is 121 Å². The van der Waals surface area contributed by atoms with Gasteiger partial charge < -0.3 is 9.47 Å². The zero-order chi connectivity index (χ0) is 15.4. The number of aldehydes is 1. The molecule has 0 aliphatic rings. The molecule has 0 fully saturated rings. The number of ether oxygens (including phenoxy) is 2. The lowest BCUT2D eigenvalue weighted by Crippen LogP contribution is -1.96. The Kier molecular flexibility index (Phi) is 4.18. The van der Waals surface area contributed by atoms with Crippen LogP contribution in [-0.2, 0) is 0 Å². The van der Waals surface area contributed by atoms with Crippen LogP contribution in [0.3, 0.4) is 0 Å². The fraction of sp³-hybridized carbons (Fsp3) is 0.133. The molecule has 0 spiro atoms. The molecule has 21 heavy (non-hydrogen) atoms. The Morgan fingerprint density at radius 1 is 1.10 bits per heavy atom. The Balaban J connectivity index is 2.61. The first kappa shape index (κ1) is 14.5. The smallest absolute Gasteiger partial charge is 0.270 e. The van der Waals surface area contributed by atoms with Gasteiger partial charge in [0.1, 0.15) is 0 Å². The van der Waals surface area contributed by atoms with E-state index in [-0.39, 0.29) is 5.69 Å². The fourth-order valence-electron chi connectivity index (χ4n) is 2.05. The normalized spacial score (nSPS) is 10.0. The number of carbonyl (C=O) groups excluding carboxylic acids is 1. The first-order chi connectivity index (χ1) is 10.1. The van der Waals surface area contributed by atoms with Crippen LogP contribution in [0.1, 0.15) is 10.4 Å². The summed E-state index contributed by atoms with van der Waals surface area (Å²) in [6.45, 7) is 0. The molecular weight excluding hydrogens is 274 g/mol. The maximum absolute atomic E-state index is 11.2. The van der Waals surface area contributed by atoms with Crippen LogP contribution < -0.4 is 9.47 Å². The van der Waals surface area contributed by atoms with Gasteiger partial charge in [-0.3, -0.25) is 14.9 Å². The molecule has 0 heterocycles. The number of carbonyl (C=O) groups is 1. The third-order valence-electron chi connectivity index (χ3n) is 3.02. The minimum absolute atomic E-state index is 0.0186. The lowest BCUT2D eigenvalue weighted by molar-refractivity contribution is -0.384. The van der Waals surface area contributed by atoms with E-state index in [1.54, 1.807) is 24.3 Å². The second-order valence-corrected chi connectivity index (χ2v) is 4.23. The van der Waals surface area contributed by atoms with Crippen molar-refractivity contribution in [2.75, 3.05) is 14.2 Å². The summed E-state index contributed by atoms with van der Waals surface area (Å²) in [4.78, 5) is 21.5. The number of non-ortho nitro benzene ring substituents is 1. The van der Waals surface area contributed by atoms with Gasteiger partial charge in [-0.2, -0.15) is 0 Å². The van der Waals surface area contributed by atoms with Gasteiger partial charge in [0.2, 0.25) is 0 Å². The fourth-order valence-corrected chi connectivity index (χ4v) is 2.05. The number of methoxy groups -OCH3 is 2. The number of hydrogen-bond acceptors (Lipinski definition) is 5. The molecule has 0 aliphatic carbocycles. The van der Waals surface area contributed by atoms with Crippen molar-refractivity contribution in [3.8, 4) is 22.6 Å². The maximum Gasteiger partial charge on any atom is 0.270 e. The van der Waals surface area contributed by atoms with Gasteiger partial charge in [0.15, 0.2) is 17.8 Å². The lowest BCUT2D eigenvalue weighted by atomic mass is 10.0. The third kappa shape index (κ3) is 2.84. The predicted octanol–water partition coefficient (Wildman–Crippen LogP) is 3.09. The van der Waals surface area contributed by atoms with E-state index < -0.39 is 4.92 Å². The van der Waals surface area contributed by atoms with Crippen LogP contribution in [0.15, 0.2) is 36.4 Å². The highest BCUT2D eigenvalue weighted by atomic mass is 16.6. The zero-order valence-corrected chi connectivity index (χ0v) is 11.5. The first-order valence-electron chi connectivity index (χ1n) is 6.06. The Morgan fingerprint density at radius 2 is 1.86 bits per heavy atom. The van der Waals surface area contributed by atoms with Crippen molar-refractivity contribution in [2.24, 2.45) is 0 Å². The summed E-state index contributed by atoms with van der Waals surface area (Å²) in [6.07, 6.45) is 0.655. The van der Waals surface area contributed by atoms with Crippen LogP contribution in [0.2, 0.25) is 0 Å². The van der Waals surface area contributed by atoms with Crippen LogP contribution in [0.4, 0.5) is 5.69 Å². The molecule has 108 valence electrons. The van der Waals surface area contributed by atoms with Crippen molar-refractivity contribution >= 4 is 12.0 Å². The average molecular weight is 287 g/mol. The van der Waals surface area contributed by atoms with Gasteiger partial charge in [0.25, 0.3) is 5.69 Å². The van der Waals surface area contributed by atoms with Gasteiger partial charge in [-0.15, -0.1) is 0 Å². The van der Waals surface area contributed by atoms with Gasteiger partial charge in [-0.1, -0.05) is 12.1 Å². The summed E-state index contributed by atoms with van der Waals surface area (Å²) < 4.78 is 10.3. The quantitative estimate of drug-likeness (QED) is 0.479. The first-order valence-corrected chi connectivity index (χ1v) is 6.06. The maximum atomic E-state index is 11.2. The molecule has 6 heteroatoms. The lowest BCUT2D eigenvalue weighted by Gasteiger charge is -2.12. The molecule has 0 bridgehead atoms. The van der Waals surface area contributed by atoms with E-state index in [1.165, 1.54) is 26.4 Å². The van der Waals surface area contributed by atoms with Crippen molar-refractivity contribution < 1.29 is 19.2 Å². The molecule has 2 aromatic carbocycles. The largest absolute Gasteiger partial charge is 0.493 e. The molecule has 0 unspecified atom stereocenters. The molecule has 0 saturated carbocycles. The monoisotopic (exact) mass is 287 g/mol. The van der Waals surface area contributed by atoms with Crippen LogP contribution >= 0.6 is 0 Å². The molecule has 0 radical (unpaired) electrons. The summed E-state index contributed by atoms with van der Waals surface area (Å²) in [5.41, 5.74) is 1.56. The molecule has 0 saturated heterocycles. The molecule has 6 nitrogen and oxygen atoms in total. The van der Waals surface area contributed by atoms with Gasteiger partial charge in [0.05, 0.1) is 24.7 Å². The number of benzene rings is 2. The van der Waals surface area contributed by atoms with Crippen LogP contribution in [0.5, 0.6) is 11.5 Å². The van der Waals surface area contributed by atoms with Crippen molar-refractivity contribution in [2.45, 2.75) is 0 Å². The molecule has 0 N–H and O–H groups in total. The Morgan fingerprint density at radius 3 is 2.43 bits per heavy atom. The third-order valence-corrected chi connectivity index (χ3v) is 3.02. The zero-order valence-electron chi connectivity index (χ0n) is 11.5. The standard InChI is InChI=1S/C15H13NO5/c1-20-14-8-11(6-12(9-17)15(14)21-2)10-4-3-5-13(7-10)16(18)19/h3-9H,1-2H3. The SMILES string of the molecule is COc1cc(-c2cccc([N+](=O)[O-])c2)cc(C=O)c1OC. The number of rotatable bonds is 5. The number of nitro benzene ring substituents is 1. The minimum atomic E-state index is -0.467. The van der Waals surface area contributed by atoms with E-state index in [0.29, 0.717) is 34.5 Å². The van der Waals surface area contributed by atoms with E-state index in [4.69, 9.17) is 9.47 Å². The van der Waals surface area contributed by atoms with Crippen LogP contribution in [-0.4, -0.2) is 25.4 Å². The van der Waals surface area contributed by atoms with Crippen molar-refractivity contribution in [3.05, 3.63) is 52.1 Å². The second kappa shape index (κ2) is 6.04. The number of hydrogen-bond donors (Lipinski definition) is 0. The summed E-state index contributed by atoms with van der Waals surface area (Å²) >= 11 is 0. The summed E-state index contributed by atoms with van der Waals surface area (Å²) in [5.74, 6) is 0.727. The Hall–Kier alpha value is -2.89. The van der Waals surface area contributed by atoms with E-state index in [1.807, 2.05) is 0 Å². The Bertz CT molecular complexity index is 696. The van der Waals surface area contributed by atoms with Crippen LogP contribution in [0, 0.1) is 10.1 Å². The summed E-state index contributed by atoms with van der Waals surface area (Å²) in [6, 6.07) is 9.44. The van der Waals surface area contributed by atoms with Gasteiger partial charge in [-0.25, -0.2) is 0 Å². The molecule has 2 aromatic rings. The number of nitrogens with zero attached hydrogens (tertiary/aromatic N) is 1. The van der Waals surface area contributed by atoms with Gasteiger partial charge >= 0.3 is 0 Å². The van der Waals surface area contributed by atoms with Crippen molar-refractivity contribution in [1.29, 1.82) is 0 Å². The van der Waals surface area contributed by atoms with E-state index >= 15 is 0 Å². The minimum Gasteiger partial charge on any atom is -0.493 e. The van der Waals surface area contributed by atoms with Crippen molar-refractivity contribution in [3.63, 3.8) is 0 Å². The topological polar surface area (TPSA) is 78.7 Å². The van der Waals surface area contributed by atoms with E-state index in [0.717, 1.165) is 0 Å². The highest BCUT2D eigenvalue weighted by Gasteiger charge is 2.14. The van der Waals surface area contributed by atoms with Crippen LogP contribution in [0.25, 0.3) is 11.1 Å². The number of nitro groups is 1. The molecule has 0 atom stereocenters. The predicted molar refractivity (Wildman–Crippen MR) is 77.0 cm³/mol. The molecule has 0 aliphatic heterocycles. The highest BCUT2D eigenvalue weighted by molar-refractivity contribution is 5.85. The average Bonchev–Trinajstić information content (AvgIpc) is 2.53. The van der Waals surface area contributed by atoms with Gasteiger partial charge in [-0.05, 0) is 23.3 Å². The molecular formula is C15H13NO5. The van der Waals surface area contributed by atoms with E-state index in [9.17, 15) is 14.9 Å². The summed E-state index contributed by atoms with van der Waals surface area (Å²) in [7, 11) is 2.90.